The van der Waals surface area contributed by atoms with Gasteiger partial charge in [-0.3, -0.25) is 4.79 Å². The number of benzene rings is 2. The summed E-state index contributed by atoms with van der Waals surface area (Å²) in [7, 11) is 1.59. The van der Waals surface area contributed by atoms with Crippen molar-refractivity contribution in [2.45, 2.75) is 6.92 Å². The summed E-state index contributed by atoms with van der Waals surface area (Å²) < 4.78 is 6.15. The van der Waals surface area contributed by atoms with Crippen molar-refractivity contribution in [1.82, 2.24) is 5.43 Å². The number of ether oxygens (including phenoxy) is 1. The molecule has 2 aromatic rings. The Bertz CT molecular complexity index is 684. The Kier molecular flexibility index (Phi) is 5.11. The molecule has 0 aromatic heterocycles. The van der Waals surface area contributed by atoms with Crippen LogP contribution in [-0.4, -0.2) is 19.2 Å². The molecule has 0 spiro atoms. The SMILES string of the molecule is COc1ccc(Br)cc1/C=N/NC(=O)c1ccccc1C. The molecular formula is C16H15BrN2O2. The van der Waals surface area contributed by atoms with Gasteiger partial charge in [-0.05, 0) is 36.8 Å². The minimum Gasteiger partial charge on any atom is -0.496 e. The summed E-state index contributed by atoms with van der Waals surface area (Å²) in [4.78, 5) is 12.0. The summed E-state index contributed by atoms with van der Waals surface area (Å²) in [6.45, 7) is 1.88. The van der Waals surface area contributed by atoms with E-state index in [1.165, 1.54) is 0 Å². The Balaban J connectivity index is 2.11. The number of hydrogen-bond acceptors (Lipinski definition) is 3. The Morgan fingerprint density at radius 3 is 2.76 bits per heavy atom. The standard InChI is InChI=1S/C16H15BrN2O2/c1-11-5-3-4-6-14(11)16(20)19-18-10-12-9-13(17)7-8-15(12)21-2/h3-10H,1-2H3,(H,19,20)/b18-10+. The lowest BCUT2D eigenvalue weighted by Gasteiger charge is -2.05. The molecule has 0 aliphatic heterocycles. The van der Waals surface area contributed by atoms with Crippen molar-refractivity contribution in [2.24, 2.45) is 5.10 Å². The van der Waals surface area contributed by atoms with Crippen LogP contribution in [0.3, 0.4) is 0 Å². The highest BCUT2D eigenvalue weighted by Crippen LogP contribution is 2.21. The summed E-state index contributed by atoms with van der Waals surface area (Å²) in [5.41, 5.74) is 4.81. The number of carbonyl (C=O) groups excluding carboxylic acids is 1. The molecule has 0 saturated carbocycles. The van der Waals surface area contributed by atoms with E-state index in [-0.39, 0.29) is 5.91 Å². The second-order valence-corrected chi connectivity index (χ2v) is 5.32. The highest BCUT2D eigenvalue weighted by atomic mass is 79.9. The van der Waals surface area contributed by atoms with E-state index in [0.29, 0.717) is 11.3 Å². The molecule has 0 bridgehead atoms. The normalized spacial score (nSPS) is 10.6. The van der Waals surface area contributed by atoms with E-state index in [1.807, 2.05) is 43.3 Å². The van der Waals surface area contributed by atoms with Gasteiger partial charge < -0.3 is 4.74 Å². The van der Waals surface area contributed by atoms with Crippen LogP contribution >= 0.6 is 15.9 Å². The molecule has 0 fully saturated rings. The number of hydrogen-bond donors (Lipinski definition) is 1. The molecule has 2 rings (SSSR count). The number of rotatable bonds is 4. The Labute approximate surface area is 132 Å². The highest BCUT2D eigenvalue weighted by molar-refractivity contribution is 9.10. The molecule has 0 aliphatic carbocycles. The van der Waals surface area contributed by atoms with E-state index >= 15 is 0 Å². The van der Waals surface area contributed by atoms with E-state index in [4.69, 9.17) is 4.74 Å². The van der Waals surface area contributed by atoms with Crippen LogP contribution in [0.25, 0.3) is 0 Å². The molecule has 0 unspecified atom stereocenters. The van der Waals surface area contributed by atoms with Gasteiger partial charge in [0.1, 0.15) is 5.75 Å². The number of hydrazone groups is 1. The molecule has 1 amide bonds. The van der Waals surface area contributed by atoms with Gasteiger partial charge in [0.25, 0.3) is 5.91 Å². The number of nitrogens with zero attached hydrogens (tertiary/aromatic N) is 1. The fourth-order valence-electron chi connectivity index (χ4n) is 1.85. The second kappa shape index (κ2) is 7.04. The Morgan fingerprint density at radius 2 is 2.05 bits per heavy atom. The van der Waals surface area contributed by atoms with Gasteiger partial charge in [-0.2, -0.15) is 5.10 Å². The number of methoxy groups -OCH3 is 1. The number of halogens is 1. The summed E-state index contributed by atoms with van der Waals surface area (Å²) in [6, 6.07) is 12.9. The smallest absolute Gasteiger partial charge is 0.271 e. The zero-order chi connectivity index (χ0) is 15.2. The summed E-state index contributed by atoms with van der Waals surface area (Å²) in [5, 5.41) is 3.98. The second-order valence-electron chi connectivity index (χ2n) is 4.40. The lowest BCUT2D eigenvalue weighted by Crippen LogP contribution is -2.18. The molecule has 0 atom stereocenters. The first-order valence-corrected chi connectivity index (χ1v) is 7.13. The molecule has 5 heteroatoms. The maximum Gasteiger partial charge on any atom is 0.271 e. The van der Waals surface area contributed by atoms with Crippen LogP contribution in [0.2, 0.25) is 0 Å². The topological polar surface area (TPSA) is 50.7 Å². The van der Waals surface area contributed by atoms with Gasteiger partial charge in [0.05, 0.1) is 13.3 Å². The molecule has 0 saturated heterocycles. The van der Waals surface area contributed by atoms with Crippen molar-refractivity contribution >= 4 is 28.1 Å². The van der Waals surface area contributed by atoms with E-state index in [0.717, 1.165) is 15.6 Å². The number of aryl methyl sites for hydroxylation is 1. The first-order chi connectivity index (χ1) is 10.1. The van der Waals surface area contributed by atoms with Crippen LogP contribution < -0.4 is 10.2 Å². The Morgan fingerprint density at radius 1 is 1.29 bits per heavy atom. The Hall–Kier alpha value is -2.14. The molecule has 21 heavy (non-hydrogen) atoms. The number of carbonyl (C=O) groups is 1. The van der Waals surface area contributed by atoms with Crippen LogP contribution in [-0.2, 0) is 0 Å². The van der Waals surface area contributed by atoms with Crippen LogP contribution in [0.4, 0.5) is 0 Å². The fourth-order valence-corrected chi connectivity index (χ4v) is 2.23. The molecule has 0 aliphatic rings. The van der Waals surface area contributed by atoms with Gasteiger partial charge in [0, 0.05) is 15.6 Å². The minimum absolute atomic E-state index is 0.238. The van der Waals surface area contributed by atoms with Gasteiger partial charge >= 0.3 is 0 Å². The van der Waals surface area contributed by atoms with Gasteiger partial charge in [-0.15, -0.1) is 0 Å². The van der Waals surface area contributed by atoms with Crippen LogP contribution in [0, 0.1) is 6.92 Å². The van der Waals surface area contributed by atoms with Gasteiger partial charge in [0.2, 0.25) is 0 Å². The molecule has 0 heterocycles. The molecule has 108 valence electrons. The summed E-state index contributed by atoms with van der Waals surface area (Å²) in [5.74, 6) is 0.449. The predicted octanol–water partition coefficient (Wildman–Crippen LogP) is 3.53. The lowest BCUT2D eigenvalue weighted by atomic mass is 10.1. The van der Waals surface area contributed by atoms with E-state index in [2.05, 4.69) is 26.5 Å². The first-order valence-electron chi connectivity index (χ1n) is 6.34. The molecule has 2 aromatic carbocycles. The van der Waals surface area contributed by atoms with E-state index < -0.39 is 0 Å². The van der Waals surface area contributed by atoms with Gasteiger partial charge in [-0.1, -0.05) is 34.1 Å². The molecule has 1 N–H and O–H groups in total. The van der Waals surface area contributed by atoms with Crippen molar-refractivity contribution < 1.29 is 9.53 Å². The van der Waals surface area contributed by atoms with Crippen LogP contribution in [0.1, 0.15) is 21.5 Å². The number of amides is 1. The van der Waals surface area contributed by atoms with E-state index in [9.17, 15) is 4.79 Å². The van der Waals surface area contributed by atoms with Crippen molar-refractivity contribution in [2.75, 3.05) is 7.11 Å². The fraction of sp³-hybridized carbons (Fsp3) is 0.125. The average molecular weight is 347 g/mol. The first kappa shape index (κ1) is 15.3. The quantitative estimate of drug-likeness (QED) is 0.680. The van der Waals surface area contributed by atoms with E-state index in [1.54, 1.807) is 19.4 Å². The summed E-state index contributed by atoms with van der Waals surface area (Å²) in [6.07, 6.45) is 1.56. The van der Waals surface area contributed by atoms with Crippen molar-refractivity contribution in [3.05, 3.63) is 63.6 Å². The zero-order valence-electron chi connectivity index (χ0n) is 11.8. The molecule has 4 nitrogen and oxygen atoms in total. The third-order valence-corrected chi connectivity index (χ3v) is 3.44. The monoisotopic (exact) mass is 346 g/mol. The van der Waals surface area contributed by atoms with Gasteiger partial charge in [0.15, 0.2) is 0 Å². The maximum absolute atomic E-state index is 12.0. The molecule has 0 radical (unpaired) electrons. The highest BCUT2D eigenvalue weighted by Gasteiger charge is 2.06. The van der Waals surface area contributed by atoms with Crippen LogP contribution in [0.5, 0.6) is 5.75 Å². The third kappa shape index (κ3) is 3.92. The van der Waals surface area contributed by atoms with Gasteiger partial charge in [-0.25, -0.2) is 5.43 Å². The average Bonchev–Trinajstić information content (AvgIpc) is 2.48. The minimum atomic E-state index is -0.238. The third-order valence-electron chi connectivity index (χ3n) is 2.95. The van der Waals surface area contributed by atoms with Crippen molar-refractivity contribution in [1.29, 1.82) is 0 Å². The van der Waals surface area contributed by atoms with Crippen molar-refractivity contribution in [3.8, 4) is 5.75 Å². The zero-order valence-corrected chi connectivity index (χ0v) is 13.3. The van der Waals surface area contributed by atoms with Crippen molar-refractivity contribution in [3.63, 3.8) is 0 Å². The largest absolute Gasteiger partial charge is 0.496 e. The predicted molar refractivity (Wildman–Crippen MR) is 86.9 cm³/mol. The summed E-state index contributed by atoms with van der Waals surface area (Å²) >= 11 is 3.39. The maximum atomic E-state index is 12.0. The molecular weight excluding hydrogens is 332 g/mol. The van der Waals surface area contributed by atoms with Crippen LogP contribution in [0.15, 0.2) is 52.0 Å². The number of nitrogens with one attached hydrogen (secondary N) is 1. The lowest BCUT2D eigenvalue weighted by molar-refractivity contribution is 0.0954.